The summed E-state index contributed by atoms with van der Waals surface area (Å²) in [4.78, 5) is 7.63. The molecule has 0 saturated carbocycles. The number of hydrogen-bond acceptors (Lipinski definition) is 3. The zero-order chi connectivity index (χ0) is 10.1. The zero-order valence-corrected chi connectivity index (χ0v) is 11.3. The molecule has 2 aliphatic rings. The minimum absolute atomic E-state index is 0.705. The van der Waals surface area contributed by atoms with Crippen LogP contribution < -0.4 is 0 Å². The fraction of sp³-hybridized carbons (Fsp3) is 1.00. The summed E-state index contributed by atoms with van der Waals surface area (Å²) in [6.07, 6.45) is 0. The number of likely N-dealkylation sites (tertiary alicyclic amines) is 1. The first-order valence-corrected chi connectivity index (χ1v) is 6.72. The third kappa shape index (κ3) is 2.40. The smallest absolute Gasteiger partial charge is 0.0591 e. The van der Waals surface area contributed by atoms with E-state index in [2.05, 4.69) is 51.3 Å². The molecule has 1 unspecified atom stereocenters. The summed E-state index contributed by atoms with van der Waals surface area (Å²) in [6, 6.07) is 0.848. The van der Waals surface area contributed by atoms with Gasteiger partial charge < -0.3 is 4.90 Å². The second kappa shape index (κ2) is 4.63. The summed E-state index contributed by atoms with van der Waals surface area (Å²) in [5.74, 6) is 0. The molecule has 1 atom stereocenters. The van der Waals surface area contributed by atoms with Crippen molar-refractivity contribution >= 4 is 22.6 Å². The number of rotatable bonds is 2. The third-order valence-electron chi connectivity index (χ3n) is 3.45. The average Bonchev–Trinajstić information content (AvgIpc) is 2.05. The van der Waals surface area contributed by atoms with Crippen LogP contribution in [-0.4, -0.2) is 71.1 Å². The number of nitrogens with zero attached hydrogens (tertiary/aromatic N) is 3. The van der Waals surface area contributed by atoms with Gasteiger partial charge in [-0.05, 0) is 14.0 Å². The van der Waals surface area contributed by atoms with Gasteiger partial charge in [-0.15, -0.1) is 0 Å². The predicted molar refractivity (Wildman–Crippen MR) is 67.9 cm³/mol. The van der Waals surface area contributed by atoms with Crippen molar-refractivity contribution in [1.82, 2.24) is 14.7 Å². The van der Waals surface area contributed by atoms with E-state index in [1.165, 1.54) is 39.3 Å². The van der Waals surface area contributed by atoms with Crippen LogP contribution in [0.5, 0.6) is 0 Å². The lowest BCUT2D eigenvalue weighted by atomic mass is 10.1. The Hall–Kier alpha value is 0.610. The van der Waals surface area contributed by atoms with Crippen molar-refractivity contribution in [2.24, 2.45) is 0 Å². The van der Waals surface area contributed by atoms with Crippen LogP contribution in [0.25, 0.3) is 0 Å². The molecular formula is C10H20IN3. The van der Waals surface area contributed by atoms with Gasteiger partial charge >= 0.3 is 0 Å². The SMILES string of the molecule is CC(I)N1CC(N2CCN(C)CC2)C1. The van der Waals surface area contributed by atoms with E-state index >= 15 is 0 Å². The van der Waals surface area contributed by atoms with Crippen molar-refractivity contribution in [2.75, 3.05) is 46.3 Å². The molecule has 0 amide bonds. The topological polar surface area (TPSA) is 9.72 Å². The van der Waals surface area contributed by atoms with Crippen LogP contribution >= 0.6 is 22.6 Å². The van der Waals surface area contributed by atoms with E-state index in [-0.39, 0.29) is 0 Å². The second-order valence-corrected chi connectivity index (χ2v) is 6.32. The van der Waals surface area contributed by atoms with Gasteiger partial charge in [-0.3, -0.25) is 9.80 Å². The van der Waals surface area contributed by atoms with Gasteiger partial charge in [-0.2, -0.15) is 0 Å². The van der Waals surface area contributed by atoms with Crippen molar-refractivity contribution in [1.29, 1.82) is 0 Å². The van der Waals surface area contributed by atoms with Crippen molar-refractivity contribution < 1.29 is 0 Å². The zero-order valence-electron chi connectivity index (χ0n) is 9.12. The first-order valence-electron chi connectivity index (χ1n) is 5.47. The number of piperazine rings is 1. The average molecular weight is 309 g/mol. The Morgan fingerprint density at radius 2 is 1.71 bits per heavy atom. The van der Waals surface area contributed by atoms with Gasteiger partial charge in [-0.1, -0.05) is 22.6 Å². The summed E-state index contributed by atoms with van der Waals surface area (Å²) in [6.45, 7) is 9.88. The number of alkyl halides is 1. The molecule has 2 fully saturated rings. The van der Waals surface area contributed by atoms with Crippen LogP contribution in [0.1, 0.15) is 6.92 Å². The summed E-state index contributed by atoms with van der Waals surface area (Å²) < 4.78 is 0.705. The van der Waals surface area contributed by atoms with Gasteiger partial charge in [0.2, 0.25) is 0 Å². The summed E-state index contributed by atoms with van der Waals surface area (Å²) in [5.41, 5.74) is 0. The van der Waals surface area contributed by atoms with Crippen LogP contribution in [-0.2, 0) is 0 Å². The predicted octanol–water partition coefficient (Wildman–Crippen LogP) is 0.699. The van der Waals surface area contributed by atoms with E-state index in [1.807, 2.05) is 0 Å². The van der Waals surface area contributed by atoms with E-state index < -0.39 is 0 Å². The van der Waals surface area contributed by atoms with E-state index in [0.29, 0.717) is 4.05 Å². The lowest BCUT2D eigenvalue weighted by molar-refractivity contribution is 0.00923. The number of likely N-dealkylation sites (N-methyl/N-ethyl adjacent to an activating group) is 1. The Morgan fingerprint density at radius 3 is 2.21 bits per heavy atom. The van der Waals surface area contributed by atoms with Gasteiger partial charge in [0.05, 0.1) is 4.05 Å². The molecule has 3 nitrogen and oxygen atoms in total. The van der Waals surface area contributed by atoms with Gasteiger partial charge in [0.25, 0.3) is 0 Å². The molecule has 0 radical (unpaired) electrons. The highest BCUT2D eigenvalue weighted by Crippen LogP contribution is 2.21. The fourth-order valence-electron chi connectivity index (χ4n) is 2.20. The summed E-state index contributed by atoms with van der Waals surface area (Å²) in [5, 5.41) is 0. The largest absolute Gasteiger partial charge is 0.304 e. The summed E-state index contributed by atoms with van der Waals surface area (Å²) in [7, 11) is 2.22. The second-order valence-electron chi connectivity index (χ2n) is 4.52. The molecule has 0 N–H and O–H groups in total. The normalized spacial score (nSPS) is 30.2. The lowest BCUT2D eigenvalue weighted by Crippen LogP contribution is -2.63. The van der Waals surface area contributed by atoms with Crippen LogP contribution in [0.2, 0.25) is 0 Å². The lowest BCUT2D eigenvalue weighted by Gasteiger charge is -2.49. The molecule has 0 aromatic carbocycles. The highest BCUT2D eigenvalue weighted by Gasteiger charge is 2.34. The third-order valence-corrected chi connectivity index (χ3v) is 4.24. The van der Waals surface area contributed by atoms with Crippen molar-refractivity contribution in [2.45, 2.75) is 17.0 Å². The molecule has 0 bridgehead atoms. The maximum atomic E-state index is 2.66. The van der Waals surface area contributed by atoms with Crippen molar-refractivity contribution in [3.05, 3.63) is 0 Å². The molecule has 2 rings (SSSR count). The highest BCUT2D eigenvalue weighted by molar-refractivity contribution is 14.1. The fourth-order valence-corrected chi connectivity index (χ4v) is 2.65. The molecule has 2 saturated heterocycles. The van der Waals surface area contributed by atoms with Crippen molar-refractivity contribution in [3.8, 4) is 0 Å². The first kappa shape index (κ1) is 11.1. The quantitative estimate of drug-likeness (QED) is 0.422. The van der Waals surface area contributed by atoms with E-state index in [4.69, 9.17) is 0 Å². The van der Waals surface area contributed by atoms with Gasteiger partial charge in [0.1, 0.15) is 0 Å². The Morgan fingerprint density at radius 1 is 1.14 bits per heavy atom. The van der Waals surface area contributed by atoms with Crippen LogP contribution in [0, 0.1) is 0 Å². The highest BCUT2D eigenvalue weighted by atomic mass is 127. The molecular weight excluding hydrogens is 289 g/mol. The van der Waals surface area contributed by atoms with E-state index in [0.717, 1.165) is 6.04 Å². The van der Waals surface area contributed by atoms with Crippen LogP contribution in [0.4, 0.5) is 0 Å². The van der Waals surface area contributed by atoms with Crippen molar-refractivity contribution in [3.63, 3.8) is 0 Å². The molecule has 14 heavy (non-hydrogen) atoms. The molecule has 82 valence electrons. The first-order chi connectivity index (χ1) is 6.66. The van der Waals surface area contributed by atoms with Gasteiger partial charge in [0.15, 0.2) is 0 Å². The minimum Gasteiger partial charge on any atom is -0.304 e. The summed E-state index contributed by atoms with van der Waals surface area (Å²) >= 11 is 2.50. The Bertz CT molecular complexity index is 184. The Balaban J connectivity index is 1.72. The molecule has 0 aromatic rings. The minimum atomic E-state index is 0.705. The van der Waals surface area contributed by atoms with Crippen LogP contribution in [0.15, 0.2) is 0 Å². The molecule has 2 heterocycles. The molecule has 0 aromatic heterocycles. The van der Waals surface area contributed by atoms with Gasteiger partial charge in [0, 0.05) is 45.3 Å². The monoisotopic (exact) mass is 309 g/mol. The standard InChI is InChI=1S/C10H20IN3/c1-9(11)14-7-10(8-14)13-5-3-12(2)4-6-13/h9-10H,3-8H2,1-2H3. The van der Waals surface area contributed by atoms with Crippen LogP contribution in [0.3, 0.4) is 0 Å². The number of halogens is 1. The maximum Gasteiger partial charge on any atom is 0.0591 e. The molecule has 0 spiro atoms. The Kier molecular flexibility index (Phi) is 3.68. The molecule has 0 aliphatic carbocycles. The maximum absolute atomic E-state index is 2.66. The number of hydrogen-bond donors (Lipinski definition) is 0. The van der Waals surface area contributed by atoms with E-state index in [9.17, 15) is 0 Å². The molecule has 4 heteroatoms. The Labute approximate surface area is 101 Å². The molecule has 2 aliphatic heterocycles. The van der Waals surface area contributed by atoms with E-state index in [1.54, 1.807) is 0 Å². The van der Waals surface area contributed by atoms with Gasteiger partial charge in [-0.25, -0.2) is 0 Å².